The van der Waals surface area contributed by atoms with Gasteiger partial charge in [0.1, 0.15) is 12.3 Å². The van der Waals surface area contributed by atoms with E-state index in [2.05, 4.69) is 10.3 Å². The number of nitrogens with one attached hydrogen (secondary N) is 1. The van der Waals surface area contributed by atoms with Crippen molar-refractivity contribution in [2.24, 2.45) is 5.92 Å². The van der Waals surface area contributed by atoms with Gasteiger partial charge in [0.25, 0.3) is 0 Å². The molecule has 2 heterocycles. The molecule has 1 aromatic heterocycles. The molecule has 1 saturated heterocycles. The Kier molecular flexibility index (Phi) is 6.41. The second-order valence-corrected chi connectivity index (χ2v) is 6.80. The number of aromatic nitrogens is 1. The van der Waals surface area contributed by atoms with Crippen molar-refractivity contribution in [3.05, 3.63) is 48.2 Å². The largest absolute Gasteiger partial charge is 0.497 e. The predicted octanol–water partition coefficient (Wildman–Crippen LogP) is 0.876. The highest BCUT2D eigenvalue weighted by atomic mass is 16.5. The lowest BCUT2D eigenvalue weighted by molar-refractivity contribution is -0.152. The molecule has 2 N–H and O–H groups in total. The first kappa shape index (κ1) is 21.0. The summed E-state index contributed by atoms with van der Waals surface area (Å²) in [5, 5.41) is 10.8. The molecule has 0 aliphatic carbocycles. The Morgan fingerprint density at radius 2 is 2.07 bits per heavy atom. The summed E-state index contributed by atoms with van der Waals surface area (Å²) in [6, 6.07) is 11.1. The Labute approximate surface area is 172 Å². The molecule has 156 valence electrons. The van der Waals surface area contributed by atoms with Crippen molar-refractivity contribution in [2.45, 2.75) is 13.0 Å². The van der Waals surface area contributed by atoms with Crippen molar-refractivity contribution in [3.8, 4) is 17.0 Å². The minimum absolute atomic E-state index is 0.0339. The number of carbonyl (C=O) groups excluding carboxylic acids is 3. The van der Waals surface area contributed by atoms with Gasteiger partial charge in [-0.2, -0.15) is 0 Å². The summed E-state index contributed by atoms with van der Waals surface area (Å²) < 4.78 is 5.22. The Morgan fingerprint density at radius 1 is 1.27 bits per heavy atom. The first-order chi connectivity index (χ1) is 14.4. The van der Waals surface area contributed by atoms with Crippen LogP contribution in [0.1, 0.15) is 12.0 Å². The van der Waals surface area contributed by atoms with E-state index in [9.17, 15) is 19.2 Å². The summed E-state index contributed by atoms with van der Waals surface area (Å²) in [5.41, 5.74) is 2.37. The highest BCUT2D eigenvalue weighted by molar-refractivity contribution is 6.19. The quantitative estimate of drug-likeness (QED) is 0.648. The number of rotatable bonds is 7. The number of carboxylic acid groups (broad SMARTS) is 1. The highest BCUT2D eigenvalue weighted by Gasteiger charge is 2.40. The maximum atomic E-state index is 12.6. The van der Waals surface area contributed by atoms with E-state index in [-0.39, 0.29) is 19.5 Å². The third kappa shape index (κ3) is 4.80. The van der Waals surface area contributed by atoms with Gasteiger partial charge >= 0.3 is 5.97 Å². The molecule has 0 bridgehead atoms. The molecular weight excluding hydrogens is 390 g/mol. The van der Waals surface area contributed by atoms with Crippen molar-refractivity contribution >= 4 is 23.6 Å². The van der Waals surface area contributed by atoms with Gasteiger partial charge in [0, 0.05) is 31.3 Å². The number of likely N-dealkylation sites (tertiary alicyclic amines) is 1. The summed E-state index contributed by atoms with van der Waals surface area (Å²) in [7, 11) is 1.59. The van der Waals surface area contributed by atoms with Gasteiger partial charge in [-0.1, -0.05) is 18.2 Å². The number of benzene rings is 1. The summed E-state index contributed by atoms with van der Waals surface area (Å²) >= 11 is 0. The van der Waals surface area contributed by atoms with E-state index in [0.717, 1.165) is 16.8 Å². The van der Waals surface area contributed by atoms with Crippen LogP contribution in [0.2, 0.25) is 0 Å². The van der Waals surface area contributed by atoms with E-state index in [1.54, 1.807) is 13.3 Å². The number of ether oxygens (including phenoxy) is 1. The van der Waals surface area contributed by atoms with Crippen LogP contribution in [-0.4, -0.2) is 58.8 Å². The molecule has 0 radical (unpaired) electrons. The molecule has 30 heavy (non-hydrogen) atoms. The van der Waals surface area contributed by atoms with Gasteiger partial charge in [-0.25, -0.2) is 0 Å². The average Bonchev–Trinajstić information content (AvgIpc) is 2.75. The van der Waals surface area contributed by atoms with Crippen LogP contribution in [0.15, 0.2) is 42.6 Å². The first-order valence-corrected chi connectivity index (χ1v) is 9.29. The minimum atomic E-state index is -1.51. The van der Waals surface area contributed by atoms with Crippen LogP contribution in [-0.2, 0) is 25.7 Å². The number of carbonyl (C=O) groups is 4. The van der Waals surface area contributed by atoms with E-state index in [1.807, 2.05) is 36.4 Å². The van der Waals surface area contributed by atoms with E-state index in [1.165, 1.54) is 4.90 Å². The Balaban J connectivity index is 1.69. The van der Waals surface area contributed by atoms with Crippen molar-refractivity contribution in [3.63, 3.8) is 0 Å². The third-order valence-corrected chi connectivity index (χ3v) is 4.75. The van der Waals surface area contributed by atoms with E-state index < -0.39 is 36.0 Å². The lowest BCUT2D eigenvalue weighted by atomic mass is 9.94. The van der Waals surface area contributed by atoms with Crippen LogP contribution in [0.5, 0.6) is 5.75 Å². The summed E-state index contributed by atoms with van der Waals surface area (Å²) in [6.07, 6.45) is 1.67. The zero-order valence-corrected chi connectivity index (χ0v) is 16.3. The van der Waals surface area contributed by atoms with Crippen molar-refractivity contribution in [1.29, 1.82) is 0 Å². The fourth-order valence-corrected chi connectivity index (χ4v) is 3.19. The van der Waals surface area contributed by atoms with Crippen LogP contribution >= 0.6 is 0 Å². The topological polar surface area (TPSA) is 126 Å². The molecule has 1 fully saturated rings. The normalized spacial score (nSPS) is 16.3. The van der Waals surface area contributed by atoms with Crippen LogP contribution < -0.4 is 10.1 Å². The number of hydrogen-bond acceptors (Lipinski definition) is 6. The van der Waals surface area contributed by atoms with Gasteiger partial charge in [0.15, 0.2) is 11.7 Å². The van der Waals surface area contributed by atoms with E-state index >= 15 is 0 Å². The molecule has 2 aromatic rings. The molecule has 9 nitrogen and oxygen atoms in total. The summed E-state index contributed by atoms with van der Waals surface area (Å²) in [6.45, 7) is -0.260. The van der Waals surface area contributed by atoms with Crippen molar-refractivity contribution in [2.75, 3.05) is 20.2 Å². The monoisotopic (exact) mass is 411 g/mol. The molecule has 1 aliphatic rings. The third-order valence-electron chi connectivity index (χ3n) is 4.75. The number of ketones is 1. The molecule has 3 rings (SSSR count). The Bertz CT molecular complexity index is 973. The van der Waals surface area contributed by atoms with Gasteiger partial charge in [-0.05, 0) is 23.8 Å². The van der Waals surface area contributed by atoms with E-state index in [4.69, 9.17) is 9.84 Å². The molecule has 1 atom stereocenters. The zero-order valence-electron chi connectivity index (χ0n) is 16.3. The van der Waals surface area contributed by atoms with Gasteiger partial charge in [-0.15, -0.1) is 0 Å². The number of aliphatic carboxylic acids is 1. The lowest BCUT2D eigenvalue weighted by Gasteiger charge is -2.30. The first-order valence-electron chi connectivity index (χ1n) is 9.29. The lowest BCUT2D eigenvalue weighted by Crippen LogP contribution is -2.52. The van der Waals surface area contributed by atoms with Gasteiger partial charge in [0.05, 0.1) is 12.8 Å². The number of pyridine rings is 1. The van der Waals surface area contributed by atoms with Crippen LogP contribution in [0, 0.1) is 5.92 Å². The molecule has 1 aromatic carbocycles. The highest BCUT2D eigenvalue weighted by Crippen LogP contribution is 2.23. The van der Waals surface area contributed by atoms with Crippen molar-refractivity contribution < 1.29 is 29.0 Å². The fraction of sp³-hybridized carbons (Fsp3) is 0.286. The second-order valence-electron chi connectivity index (χ2n) is 6.80. The molecular formula is C21H21N3O6. The molecule has 1 unspecified atom stereocenters. The molecule has 0 saturated carbocycles. The minimum Gasteiger partial charge on any atom is -0.497 e. The Hall–Kier alpha value is -3.75. The van der Waals surface area contributed by atoms with Gasteiger partial charge in [-0.3, -0.25) is 24.2 Å². The zero-order chi connectivity index (χ0) is 21.7. The van der Waals surface area contributed by atoms with Crippen molar-refractivity contribution in [1.82, 2.24) is 15.2 Å². The number of Topliss-reactive ketones (excluding diaryl/α,β-unsaturated/α-hetero) is 1. The van der Waals surface area contributed by atoms with Crippen LogP contribution in [0.3, 0.4) is 0 Å². The molecule has 9 heteroatoms. The molecule has 2 amide bonds. The maximum absolute atomic E-state index is 12.6. The second kappa shape index (κ2) is 9.17. The van der Waals surface area contributed by atoms with Gasteiger partial charge < -0.3 is 20.1 Å². The average molecular weight is 411 g/mol. The standard InChI is InChI=1S/C21H21N3O6/c1-30-15-4-2-3-14(9-15)16-6-5-13(10-22-16)12-24-8-7-17(25)19(21(24)29)20(28)23-11-18(26)27/h2-6,9-10,19H,7-8,11-12H2,1H3,(H,23,28)(H,26,27). The molecule has 1 aliphatic heterocycles. The fourth-order valence-electron chi connectivity index (χ4n) is 3.19. The predicted molar refractivity (Wildman–Crippen MR) is 105 cm³/mol. The SMILES string of the molecule is COc1cccc(-c2ccc(CN3CCC(=O)C(C(=O)NCC(=O)O)C3=O)cn2)c1. The number of piperidine rings is 1. The number of methoxy groups -OCH3 is 1. The molecule has 0 spiro atoms. The number of hydrogen-bond donors (Lipinski definition) is 2. The smallest absolute Gasteiger partial charge is 0.322 e. The van der Waals surface area contributed by atoms with Crippen LogP contribution in [0.25, 0.3) is 11.3 Å². The Morgan fingerprint density at radius 3 is 2.73 bits per heavy atom. The van der Waals surface area contributed by atoms with Gasteiger partial charge in [0.2, 0.25) is 11.8 Å². The summed E-state index contributed by atoms with van der Waals surface area (Å²) in [4.78, 5) is 53.3. The number of carboxylic acids is 1. The van der Waals surface area contributed by atoms with E-state index in [0.29, 0.717) is 5.75 Å². The summed E-state index contributed by atoms with van der Waals surface area (Å²) in [5.74, 6) is -4.07. The number of nitrogens with zero attached hydrogens (tertiary/aromatic N) is 2. The maximum Gasteiger partial charge on any atom is 0.322 e. The number of amides is 2. The van der Waals surface area contributed by atoms with Crippen LogP contribution in [0.4, 0.5) is 0 Å².